The minimum Gasteiger partial charge on any atom is -0.469 e. The second-order valence-electron chi connectivity index (χ2n) is 9.53. The first-order valence-electron chi connectivity index (χ1n) is 12.5. The van der Waals surface area contributed by atoms with E-state index in [1.807, 2.05) is 42.5 Å². The van der Waals surface area contributed by atoms with Crippen LogP contribution in [0, 0.1) is 5.92 Å². The number of aromatic nitrogens is 1. The van der Waals surface area contributed by atoms with Crippen LogP contribution in [0.15, 0.2) is 85.1 Å². The van der Waals surface area contributed by atoms with Crippen LogP contribution in [0.1, 0.15) is 53.9 Å². The molecule has 3 aromatic carbocycles. The summed E-state index contributed by atoms with van der Waals surface area (Å²) >= 11 is 0. The third-order valence-corrected chi connectivity index (χ3v) is 7.26. The van der Waals surface area contributed by atoms with Crippen molar-refractivity contribution in [3.8, 4) is 11.1 Å². The zero-order valence-corrected chi connectivity index (χ0v) is 20.4. The number of nitrogens with zero attached hydrogens (tertiary/aromatic N) is 1. The van der Waals surface area contributed by atoms with Gasteiger partial charge >= 0.3 is 5.97 Å². The van der Waals surface area contributed by atoms with E-state index in [0.29, 0.717) is 23.8 Å². The molecule has 1 heterocycles. The van der Waals surface area contributed by atoms with Crippen LogP contribution in [0.3, 0.4) is 0 Å². The van der Waals surface area contributed by atoms with E-state index in [-0.39, 0.29) is 11.9 Å². The number of pyridine rings is 1. The fourth-order valence-electron chi connectivity index (χ4n) is 5.21. The second-order valence-corrected chi connectivity index (χ2v) is 9.53. The maximum atomic E-state index is 12.9. The Morgan fingerprint density at radius 3 is 2.33 bits per heavy atom. The van der Waals surface area contributed by atoms with E-state index in [4.69, 9.17) is 4.74 Å². The minimum absolute atomic E-state index is 0.100. The molecule has 0 bridgehead atoms. The lowest BCUT2D eigenvalue weighted by Crippen LogP contribution is -2.17. The van der Waals surface area contributed by atoms with Gasteiger partial charge in [0.15, 0.2) is 0 Å². The number of esters is 1. The molecule has 1 amide bonds. The number of para-hydroxylation sites is 1. The average Bonchev–Trinajstić information content (AvgIpc) is 2.93. The largest absolute Gasteiger partial charge is 0.469 e. The molecule has 1 N–H and O–H groups in total. The molecule has 182 valence electrons. The second kappa shape index (κ2) is 10.7. The van der Waals surface area contributed by atoms with E-state index in [1.165, 1.54) is 12.7 Å². The zero-order valence-electron chi connectivity index (χ0n) is 20.4. The van der Waals surface area contributed by atoms with E-state index in [1.54, 1.807) is 12.3 Å². The SMILES string of the molecule is COC(=O)C[C@H]1CC[C@H](c2ccc(-c3ccc4c(C(=O)Nc5ccccc5)ccnc4c3)cc2)CC1. The Hall–Kier alpha value is -3.99. The van der Waals surface area contributed by atoms with Gasteiger partial charge in [-0.25, -0.2) is 0 Å². The van der Waals surface area contributed by atoms with Crippen LogP contribution in [0.5, 0.6) is 0 Å². The maximum absolute atomic E-state index is 12.9. The summed E-state index contributed by atoms with van der Waals surface area (Å²) in [4.78, 5) is 29.0. The maximum Gasteiger partial charge on any atom is 0.305 e. The van der Waals surface area contributed by atoms with Gasteiger partial charge in [0.25, 0.3) is 5.91 Å². The van der Waals surface area contributed by atoms with Crippen molar-refractivity contribution in [2.24, 2.45) is 5.92 Å². The van der Waals surface area contributed by atoms with Gasteiger partial charge in [-0.3, -0.25) is 14.6 Å². The summed E-state index contributed by atoms with van der Waals surface area (Å²) in [5.74, 6) is 0.735. The standard InChI is InChI=1S/C31H30N2O3/c1-36-30(34)19-21-7-9-22(10-8-21)23-11-13-24(14-12-23)25-15-16-27-28(17-18-32-29(27)20-25)31(35)33-26-5-3-2-4-6-26/h2-6,11-18,20-22H,7-10,19H2,1H3,(H,33,35)/t21-,22-. The highest BCUT2D eigenvalue weighted by atomic mass is 16.5. The van der Waals surface area contributed by atoms with Crippen molar-refractivity contribution in [1.29, 1.82) is 0 Å². The number of anilines is 1. The van der Waals surface area contributed by atoms with Crippen LogP contribution in [-0.2, 0) is 9.53 Å². The van der Waals surface area contributed by atoms with Gasteiger partial charge < -0.3 is 10.1 Å². The predicted molar refractivity (Wildman–Crippen MR) is 143 cm³/mol. The molecule has 36 heavy (non-hydrogen) atoms. The lowest BCUT2D eigenvalue weighted by atomic mass is 9.77. The topological polar surface area (TPSA) is 68.3 Å². The molecule has 1 saturated carbocycles. The summed E-state index contributed by atoms with van der Waals surface area (Å²) in [7, 11) is 1.46. The lowest BCUT2D eigenvalue weighted by Gasteiger charge is -2.28. The van der Waals surface area contributed by atoms with Crippen molar-refractivity contribution in [1.82, 2.24) is 4.98 Å². The van der Waals surface area contributed by atoms with Gasteiger partial charge in [0.2, 0.25) is 0 Å². The van der Waals surface area contributed by atoms with Gasteiger partial charge in [-0.05, 0) is 78.5 Å². The van der Waals surface area contributed by atoms with Crippen molar-refractivity contribution in [2.45, 2.75) is 38.0 Å². The van der Waals surface area contributed by atoms with E-state index >= 15 is 0 Å². The van der Waals surface area contributed by atoms with Crippen molar-refractivity contribution >= 4 is 28.5 Å². The molecule has 0 atom stereocenters. The van der Waals surface area contributed by atoms with E-state index in [2.05, 4.69) is 40.6 Å². The number of amides is 1. The van der Waals surface area contributed by atoms with Crippen LogP contribution in [0.2, 0.25) is 0 Å². The third-order valence-electron chi connectivity index (χ3n) is 7.26. The molecule has 1 aliphatic carbocycles. The number of hydrogen-bond acceptors (Lipinski definition) is 4. The number of ether oxygens (including phenoxy) is 1. The first kappa shape index (κ1) is 23.7. The first-order chi connectivity index (χ1) is 17.6. The molecule has 4 aromatic rings. The minimum atomic E-state index is -0.146. The number of hydrogen-bond donors (Lipinski definition) is 1. The molecule has 0 unspecified atom stereocenters. The zero-order chi connectivity index (χ0) is 24.9. The van der Waals surface area contributed by atoms with Gasteiger partial charge in [0.05, 0.1) is 18.2 Å². The van der Waals surface area contributed by atoms with Crippen molar-refractivity contribution in [2.75, 3.05) is 12.4 Å². The van der Waals surface area contributed by atoms with Crippen LogP contribution in [0.4, 0.5) is 5.69 Å². The normalized spacial score (nSPS) is 17.5. The van der Waals surface area contributed by atoms with Gasteiger partial charge in [0.1, 0.15) is 0 Å². The van der Waals surface area contributed by atoms with E-state index < -0.39 is 0 Å². The summed E-state index contributed by atoms with van der Waals surface area (Å²) in [6.45, 7) is 0. The highest BCUT2D eigenvalue weighted by Crippen LogP contribution is 2.38. The Kier molecular flexibility index (Phi) is 7.08. The van der Waals surface area contributed by atoms with Crippen molar-refractivity contribution in [3.63, 3.8) is 0 Å². The Bertz CT molecular complexity index is 1360. The number of rotatable bonds is 6. The lowest BCUT2D eigenvalue weighted by molar-refractivity contribution is -0.142. The van der Waals surface area contributed by atoms with Crippen LogP contribution < -0.4 is 5.32 Å². The Morgan fingerprint density at radius 2 is 1.61 bits per heavy atom. The summed E-state index contributed by atoms with van der Waals surface area (Å²) in [5.41, 5.74) is 5.72. The Morgan fingerprint density at radius 1 is 0.889 bits per heavy atom. The molecule has 5 heteroatoms. The molecule has 0 spiro atoms. The molecule has 0 radical (unpaired) electrons. The van der Waals surface area contributed by atoms with E-state index in [0.717, 1.165) is 53.4 Å². The van der Waals surface area contributed by atoms with Crippen LogP contribution in [0.25, 0.3) is 22.0 Å². The Labute approximate surface area is 211 Å². The van der Waals surface area contributed by atoms with Crippen molar-refractivity contribution in [3.05, 3.63) is 96.2 Å². The number of nitrogens with one attached hydrogen (secondary N) is 1. The van der Waals surface area contributed by atoms with Gasteiger partial charge in [0, 0.05) is 23.7 Å². The number of methoxy groups -OCH3 is 1. The van der Waals surface area contributed by atoms with Gasteiger partial charge in [-0.15, -0.1) is 0 Å². The third kappa shape index (κ3) is 5.30. The molecule has 1 fully saturated rings. The summed E-state index contributed by atoms with van der Waals surface area (Å²) < 4.78 is 4.83. The summed E-state index contributed by atoms with van der Waals surface area (Å²) in [6, 6.07) is 26.1. The smallest absolute Gasteiger partial charge is 0.305 e. The number of benzene rings is 3. The molecular formula is C31H30N2O3. The van der Waals surface area contributed by atoms with Gasteiger partial charge in [-0.2, -0.15) is 0 Å². The molecular weight excluding hydrogens is 448 g/mol. The molecule has 5 rings (SSSR count). The van der Waals surface area contributed by atoms with Crippen molar-refractivity contribution < 1.29 is 14.3 Å². The summed E-state index contributed by atoms with van der Waals surface area (Å²) in [5, 5.41) is 3.79. The highest BCUT2D eigenvalue weighted by Gasteiger charge is 2.24. The number of carbonyl (C=O) groups is 2. The Balaban J connectivity index is 1.29. The molecule has 0 aliphatic heterocycles. The summed E-state index contributed by atoms with van der Waals surface area (Å²) in [6.07, 6.45) is 6.57. The van der Waals surface area contributed by atoms with E-state index in [9.17, 15) is 9.59 Å². The fourth-order valence-corrected chi connectivity index (χ4v) is 5.21. The monoisotopic (exact) mass is 478 g/mol. The van der Waals surface area contributed by atoms with Crippen LogP contribution in [-0.4, -0.2) is 24.0 Å². The fraction of sp³-hybridized carbons (Fsp3) is 0.258. The highest BCUT2D eigenvalue weighted by molar-refractivity contribution is 6.12. The quantitative estimate of drug-likeness (QED) is 0.303. The molecule has 0 saturated heterocycles. The van der Waals surface area contributed by atoms with Crippen LogP contribution >= 0.6 is 0 Å². The number of carbonyl (C=O) groups excluding carboxylic acids is 2. The average molecular weight is 479 g/mol. The molecule has 1 aromatic heterocycles. The first-order valence-corrected chi connectivity index (χ1v) is 12.5. The predicted octanol–water partition coefficient (Wildman–Crippen LogP) is 6.99. The van der Waals surface area contributed by atoms with Gasteiger partial charge in [-0.1, -0.05) is 54.6 Å². The molecule has 1 aliphatic rings. The number of fused-ring (bicyclic) bond motifs is 1. The molecule has 5 nitrogen and oxygen atoms in total.